The standard InChI is InChI=1S/C14H18N2O2/c1-16(12-9-15-10-12)14(17)8-5-11-3-6-13(18-2)7-4-11/h3-8,12,15H,9-10H2,1-2H3. The molecular weight excluding hydrogens is 228 g/mol. The van der Waals surface area contributed by atoms with Crippen LogP contribution in [0.5, 0.6) is 5.75 Å². The molecule has 0 bridgehead atoms. The molecule has 1 aromatic rings. The molecule has 0 radical (unpaired) electrons. The average Bonchev–Trinajstić information content (AvgIpc) is 2.34. The number of hydrogen-bond donors (Lipinski definition) is 1. The zero-order valence-electron chi connectivity index (χ0n) is 10.7. The molecule has 0 saturated carbocycles. The van der Waals surface area contributed by atoms with Gasteiger partial charge in [0.05, 0.1) is 13.2 Å². The third-order valence-electron chi connectivity index (χ3n) is 3.19. The molecule has 1 N–H and O–H groups in total. The van der Waals surface area contributed by atoms with Gasteiger partial charge in [0.15, 0.2) is 0 Å². The summed E-state index contributed by atoms with van der Waals surface area (Å²) < 4.78 is 5.08. The largest absolute Gasteiger partial charge is 0.497 e. The van der Waals surface area contributed by atoms with Crippen LogP contribution in [0.3, 0.4) is 0 Å². The van der Waals surface area contributed by atoms with E-state index < -0.39 is 0 Å². The molecule has 4 nitrogen and oxygen atoms in total. The molecule has 0 spiro atoms. The van der Waals surface area contributed by atoms with Crippen LogP contribution >= 0.6 is 0 Å². The minimum Gasteiger partial charge on any atom is -0.497 e. The predicted molar refractivity (Wildman–Crippen MR) is 71.5 cm³/mol. The van der Waals surface area contributed by atoms with E-state index in [2.05, 4.69) is 5.32 Å². The number of nitrogens with one attached hydrogen (secondary N) is 1. The van der Waals surface area contributed by atoms with Crippen molar-refractivity contribution >= 4 is 12.0 Å². The quantitative estimate of drug-likeness (QED) is 0.810. The van der Waals surface area contributed by atoms with Gasteiger partial charge in [-0.1, -0.05) is 12.1 Å². The summed E-state index contributed by atoms with van der Waals surface area (Å²) in [7, 11) is 3.47. The summed E-state index contributed by atoms with van der Waals surface area (Å²) >= 11 is 0. The van der Waals surface area contributed by atoms with E-state index in [0.717, 1.165) is 24.4 Å². The second-order valence-electron chi connectivity index (χ2n) is 4.37. The van der Waals surface area contributed by atoms with Crippen molar-refractivity contribution in [1.82, 2.24) is 10.2 Å². The number of hydrogen-bond acceptors (Lipinski definition) is 3. The van der Waals surface area contributed by atoms with Crippen LogP contribution in [-0.4, -0.2) is 44.1 Å². The second-order valence-corrected chi connectivity index (χ2v) is 4.37. The Morgan fingerprint density at radius 2 is 2.06 bits per heavy atom. The van der Waals surface area contributed by atoms with Crippen molar-refractivity contribution in [2.24, 2.45) is 0 Å². The number of methoxy groups -OCH3 is 1. The van der Waals surface area contributed by atoms with Gasteiger partial charge in [0.2, 0.25) is 5.91 Å². The van der Waals surface area contributed by atoms with Gasteiger partial charge in [0.25, 0.3) is 0 Å². The second kappa shape index (κ2) is 5.69. The highest BCUT2D eigenvalue weighted by molar-refractivity contribution is 5.91. The number of carbonyl (C=O) groups is 1. The van der Waals surface area contributed by atoms with Crippen LogP contribution < -0.4 is 10.1 Å². The topological polar surface area (TPSA) is 41.6 Å². The smallest absolute Gasteiger partial charge is 0.246 e. The summed E-state index contributed by atoms with van der Waals surface area (Å²) in [6.45, 7) is 1.78. The van der Waals surface area contributed by atoms with Gasteiger partial charge in [-0.3, -0.25) is 4.79 Å². The van der Waals surface area contributed by atoms with Crippen molar-refractivity contribution in [2.45, 2.75) is 6.04 Å². The third kappa shape index (κ3) is 2.90. The average molecular weight is 246 g/mol. The number of nitrogens with zero attached hydrogens (tertiary/aromatic N) is 1. The maximum atomic E-state index is 11.9. The number of rotatable bonds is 4. The molecule has 1 aromatic carbocycles. The summed E-state index contributed by atoms with van der Waals surface area (Å²) in [5, 5.41) is 3.15. The van der Waals surface area contributed by atoms with Crippen LogP contribution in [0.25, 0.3) is 6.08 Å². The van der Waals surface area contributed by atoms with Gasteiger partial charge in [0, 0.05) is 26.2 Å². The molecule has 0 aliphatic carbocycles. The van der Waals surface area contributed by atoms with Crippen molar-refractivity contribution in [3.8, 4) is 5.75 Å². The molecule has 1 aliphatic rings. The lowest BCUT2D eigenvalue weighted by Crippen LogP contribution is -2.57. The van der Waals surface area contributed by atoms with Crippen LogP contribution in [0.2, 0.25) is 0 Å². The lowest BCUT2D eigenvalue weighted by atomic mass is 10.1. The van der Waals surface area contributed by atoms with Crippen molar-refractivity contribution in [1.29, 1.82) is 0 Å². The van der Waals surface area contributed by atoms with Gasteiger partial charge < -0.3 is 15.0 Å². The molecule has 0 aromatic heterocycles. The Morgan fingerprint density at radius 3 is 2.56 bits per heavy atom. The maximum absolute atomic E-state index is 11.9. The first-order valence-corrected chi connectivity index (χ1v) is 6.00. The van der Waals surface area contributed by atoms with Crippen molar-refractivity contribution in [3.05, 3.63) is 35.9 Å². The Bertz CT molecular complexity index is 436. The van der Waals surface area contributed by atoms with Gasteiger partial charge >= 0.3 is 0 Å². The van der Waals surface area contributed by atoms with E-state index in [1.807, 2.05) is 37.4 Å². The Labute approximate surface area is 107 Å². The number of likely N-dealkylation sites (N-methyl/N-ethyl adjacent to an activating group) is 1. The van der Waals surface area contributed by atoms with Crippen LogP contribution in [-0.2, 0) is 4.79 Å². The molecule has 1 amide bonds. The van der Waals surface area contributed by atoms with E-state index in [-0.39, 0.29) is 5.91 Å². The van der Waals surface area contributed by atoms with E-state index in [9.17, 15) is 4.79 Å². The summed E-state index contributed by atoms with van der Waals surface area (Å²) in [5.74, 6) is 0.855. The number of ether oxygens (including phenoxy) is 1. The summed E-state index contributed by atoms with van der Waals surface area (Å²) in [6, 6.07) is 7.94. The van der Waals surface area contributed by atoms with Gasteiger partial charge in [-0.15, -0.1) is 0 Å². The Kier molecular flexibility index (Phi) is 3.99. The molecule has 1 aliphatic heterocycles. The molecule has 0 atom stereocenters. The number of benzene rings is 1. The first kappa shape index (κ1) is 12.6. The molecule has 1 fully saturated rings. The van der Waals surface area contributed by atoms with E-state index >= 15 is 0 Å². The van der Waals surface area contributed by atoms with Crippen LogP contribution in [0.15, 0.2) is 30.3 Å². The summed E-state index contributed by atoms with van der Waals surface area (Å²) in [6.07, 6.45) is 3.44. The van der Waals surface area contributed by atoms with Crippen LogP contribution in [0.1, 0.15) is 5.56 Å². The minimum absolute atomic E-state index is 0.0392. The number of carbonyl (C=O) groups excluding carboxylic acids is 1. The molecule has 2 rings (SSSR count). The molecule has 96 valence electrons. The number of amides is 1. The van der Waals surface area contributed by atoms with E-state index in [4.69, 9.17) is 4.74 Å². The Hall–Kier alpha value is -1.81. The zero-order chi connectivity index (χ0) is 13.0. The van der Waals surface area contributed by atoms with Gasteiger partial charge in [-0.05, 0) is 23.8 Å². The lowest BCUT2D eigenvalue weighted by Gasteiger charge is -2.35. The van der Waals surface area contributed by atoms with E-state index in [0.29, 0.717) is 6.04 Å². The fourth-order valence-electron chi connectivity index (χ4n) is 1.73. The predicted octanol–water partition coefficient (Wildman–Crippen LogP) is 1.14. The van der Waals surface area contributed by atoms with Crippen molar-refractivity contribution < 1.29 is 9.53 Å². The summed E-state index contributed by atoms with van der Waals surface area (Å²) in [5.41, 5.74) is 0.990. The third-order valence-corrected chi connectivity index (χ3v) is 3.19. The molecule has 1 heterocycles. The SMILES string of the molecule is COc1ccc(C=CC(=O)N(C)C2CNC2)cc1. The van der Waals surface area contributed by atoms with Crippen molar-refractivity contribution in [3.63, 3.8) is 0 Å². The zero-order valence-corrected chi connectivity index (χ0v) is 10.7. The van der Waals surface area contributed by atoms with Crippen LogP contribution in [0, 0.1) is 0 Å². The highest BCUT2D eigenvalue weighted by Gasteiger charge is 2.23. The fraction of sp³-hybridized carbons (Fsp3) is 0.357. The van der Waals surface area contributed by atoms with E-state index in [1.54, 1.807) is 18.1 Å². The van der Waals surface area contributed by atoms with Crippen molar-refractivity contribution in [2.75, 3.05) is 27.2 Å². The molecule has 0 unspecified atom stereocenters. The summed E-state index contributed by atoms with van der Waals surface area (Å²) in [4.78, 5) is 13.6. The molecule has 18 heavy (non-hydrogen) atoms. The highest BCUT2D eigenvalue weighted by Crippen LogP contribution is 2.12. The van der Waals surface area contributed by atoms with Gasteiger partial charge in [-0.2, -0.15) is 0 Å². The minimum atomic E-state index is 0.0392. The van der Waals surface area contributed by atoms with Gasteiger partial charge in [0.1, 0.15) is 5.75 Å². The first-order chi connectivity index (χ1) is 8.70. The molecular formula is C14H18N2O2. The fourth-order valence-corrected chi connectivity index (χ4v) is 1.73. The monoisotopic (exact) mass is 246 g/mol. The Morgan fingerprint density at radius 1 is 1.39 bits per heavy atom. The normalized spacial score (nSPS) is 15.4. The first-order valence-electron chi connectivity index (χ1n) is 6.00. The molecule has 4 heteroatoms. The Balaban J connectivity index is 1.94. The lowest BCUT2D eigenvalue weighted by molar-refractivity contribution is -0.127. The molecule has 1 saturated heterocycles. The van der Waals surface area contributed by atoms with Gasteiger partial charge in [-0.25, -0.2) is 0 Å². The van der Waals surface area contributed by atoms with Crippen LogP contribution in [0.4, 0.5) is 0 Å². The van der Waals surface area contributed by atoms with E-state index in [1.165, 1.54) is 0 Å². The highest BCUT2D eigenvalue weighted by atomic mass is 16.5. The maximum Gasteiger partial charge on any atom is 0.246 e.